The zero-order valence-corrected chi connectivity index (χ0v) is 15.5. The van der Waals surface area contributed by atoms with Crippen LogP contribution in [-0.4, -0.2) is 57.2 Å². The summed E-state index contributed by atoms with van der Waals surface area (Å²) in [5.41, 5.74) is 1.37. The molecule has 0 radical (unpaired) electrons. The maximum absolute atomic E-state index is 12.6. The van der Waals surface area contributed by atoms with Crippen molar-refractivity contribution in [3.05, 3.63) is 48.2 Å². The highest BCUT2D eigenvalue weighted by atomic mass is 16.5. The Morgan fingerprint density at radius 2 is 2.11 bits per heavy atom. The number of carbonyl (C=O) groups excluding carboxylic acids is 1. The molecule has 0 bridgehead atoms. The van der Waals surface area contributed by atoms with Gasteiger partial charge >= 0.3 is 0 Å². The Balaban J connectivity index is 1.36. The number of amides is 1. The van der Waals surface area contributed by atoms with Gasteiger partial charge in [-0.05, 0) is 37.5 Å². The zero-order valence-electron chi connectivity index (χ0n) is 15.5. The van der Waals surface area contributed by atoms with Crippen LogP contribution in [0, 0.1) is 6.92 Å². The molecule has 2 aliphatic rings. The molecule has 2 aromatic rings. The number of aromatic nitrogens is 3. The molecule has 0 N–H and O–H groups in total. The minimum Gasteiger partial charge on any atom is -0.474 e. The molecule has 2 aliphatic heterocycles. The van der Waals surface area contributed by atoms with Crippen LogP contribution in [-0.2, 0) is 4.74 Å². The molecule has 1 amide bonds. The molecule has 1 unspecified atom stereocenters. The van der Waals surface area contributed by atoms with Gasteiger partial charge < -0.3 is 14.4 Å². The molecule has 4 heterocycles. The summed E-state index contributed by atoms with van der Waals surface area (Å²) in [6.07, 6.45) is 8.19. The largest absolute Gasteiger partial charge is 0.474 e. The van der Waals surface area contributed by atoms with Crippen molar-refractivity contribution in [3.63, 3.8) is 0 Å². The summed E-state index contributed by atoms with van der Waals surface area (Å²) in [5.74, 6) is 0.633. The van der Waals surface area contributed by atoms with Crippen molar-refractivity contribution in [2.45, 2.75) is 44.3 Å². The fourth-order valence-corrected chi connectivity index (χ4v) is 3.87. The number of carbonyl (C=O) groups is 1. The number of rotatable bonds is 3. The zero-order chi connectivity index (χ0) is 18.7. The molecule has 0 aliphatic carbocycles. The number of nitrogens with zero attached hydrogens (tertiary/aromatic N) is 4. The van der Waals surface area contributed by atoms with Crippen LogP contribution in [0.25, 0.3) is 0 Å². The first-order chi connectivity index (χ1) is 13.1. The van der Waals surface area contributed by atoms with Crippen LogP contribution in [0.4, 0.5) is 0 Å². The third kappa shape index (κ3) is 4.08. The van der Waals surface area contributed by atoms with Gasteiger partial charge in [0.1, 0.15) is 18.1 Å². The minimum atomic E-state index is -0.213. The smallest absolute Gasteiger partial charge is 0.272 e. The predicted octanol–water partition coefficient (Wildman–Crippen LogP) is 2.41. The van der Waals surface area contributed by atoms with Gasteiger partial charge in [-0.25, -0.2) is 15.0 Å². The Bertz CT molecular complexity index is 791. The van der Waals surface area contributed by atoms with Crippen LogP contribution >= 0.6 is 0 Å². The molecule has 0 aromatic carbocycles. The summed E-state index contributed by atoms with van der Waals surface area (Å²) in [5, 5.41) is 0. The molecule has 7 heteroatoms. The summed E-state index contributed by atoms with van der Waals surface area (Å²) in [4.78, 5) is 26.7. The van der Waals surface area contributed by atoms with Crippen LogP contribution in [0.5, 0.6) is 5.88 Å². The van der Waals surface area contributed by atoms with E-state index in [1.807, 2.05) is 24.0 Å². The van der Waals surface area contributed by atoms with Gasteiger partial charge in [0.2, 0.25) is 5.88 Å². The highest BCUT2D eigenvalue weighted by Crippen LogP contribution is 2.36. The third-order valence-corrected chi connectivity index (χ3v) is 5.39. The number of aryl methyl sites for hydroxylation is 1. The van der Waals surface area contributed by atoms with Crippen LogP contribution < -0.4 is 4.74 Å². The standard InChI is InChI=1S/C20H24N4O3/c1-15-2-8-22-18(12-15)27-16-4-11-26-20(13-16)5-9-24(10-6-20)19(25)17-3-7-21-14-23-17/h2-3,7-8,12,14,16H,4-6,9-11,13H2,1H3. The normalized spacial score (nSPS) is 21.8. The van der Waals surface area contributed by atoms with E-state index in [0.29, 0.717) is 31.3 Å². The van der Waals surface area contributed by atoms with Gasteiger partial charge in [-0.3, -0.25) is 4.79 Å². The van der Waals surface area contributed by atoms with Crippen molar-refractivity contribution >= 4 is 5.91 Å². The van der Waals surface area contributed by atoms with E-state index < -0.39 is 0 Å². The van der Waals surface area contributed by atoms with E-state index in [-0.39, 0.29) is 17.6 Å². The van der Waals surface area contributed by atoms with Crippen molar-refractivity contribution in [3.8, 4) is 5.88 Å². The van der Waals surface area contributed by atoms with Gasteiger partial charge in [0.05, 0.1) is 12.2 Å². The maximum Gasteiger partial charge on any atom is 0.272 e. The Hall–Kier alpha value is -2.54. The van der Waals surface area contributed by atoms with Crippen molar-refractivity contribution < 1.29 is 14.3 Å². The molecule has 27 heavy (non-hydrogen) atoms. The van der Waals surface area contributed by atoms with E-state index in [0.717, 1.165) is 31.2 Å². The van der Waals surface area contributed by atoms with Crippen LogP contribution in [0.1, 0.15) is 41.7 Å². The van der Waals surface area contributed by atoms with Gasteiger partial charge in [-0.2, -0.15) is 0 Å². The highest BCUT2D eigenvalue weighted by molar-refractivity contribution is 5.92. The van der Waals surface area contributed by atoms with Crippen LogP contribution in [0.3, 0.4) is 0 Å². The van der Waals surface area contributed by atoms with Crippen molar-refractivity contribution in [2.24, 2.45) is 0 Å². The molecule has 7 nitrogen and oxygen atoms in total. The number of pyridine rings is 1. The SMILES string of the molecule is Cc1ccnc(OC2CCOC3(CCN(C(=O)c4ccncn4)CC3)C2)c1. The first kappa shape index (κ1) is 17.9. The summed E-state index contributed by atoms with van der Waals surface area (Å²) in [6, 6.07) is 5.58. The molecule has 1 atom stereocenters. The number of hydrogen-bond donors (Lipinski definition) is 0. The van der Waals surface area contributed by atoms with E-state index >= 15 is 0 Å². The average Bonchev–Trinajstić information content (AvgIpc) is 2.69. The van der Waals surface area contributed by atoms with E-state index in [2.05, 4.69) is 15.0 Å². The molecule has 2 fully saturated rings. The Morgan fingerprint density at radius 1 is 1.26 bits per heavy atom. The van der Waals surface area contributed by atoms with Gasteiger partial charge in [0, 0.05) is 44.4 Å². The molecule has 142 valence electrons. The fourth-order valence-electron chi connectivity index (χ4n) is 3.87. The number of piperidine rings is 1. The molecular formula is C20H24N4O3. The predicted molar refractivity (Wildman–Crippen MR) is 98.5 cm³/mol. The monoisotopic (exact) mass is 368 g/mol. The lowest BCUT2D eigenvalue weighted by atomic mass is 9.83. The minimum absolute atomic E-state index is 0.0418. The average molecular weight is 368 g/mol. The summed E-state index contributed by atoms with van der Waals surface area (Å²) < 4.78 is 12.3. The maximum atomic E-state index is 12.6. The second kappa shape index (κ2) is 7.60. The summed E-state index contributed by atoms with van der Waals surface area (Å²) >= 11 is 0. The van der Waals surface area contributed by atoms with Gasteiger partial charge in [-0.1, -0.05) is 0 Å². The first-order valence-corrected chi connectivity index (χ1v) is 9.42. The second-order valence-electron chi connectivity index (χ2n) is 7.32. The Kier molecular flexibility index (Phi) is 5.03. The number of hydrogen-bond acceptors (Lipinski definition) is 6. The van der Waals surface area contributed by atoms with E-state index in [1.54, 1.807) is 18.5 Å². The highest BCUT2D eigenvalue weighted by Gasteiger charge is 2.42. The fraction of sp³-hybridized carbons (Fsp3) is 0.500. The Labute approximate surface area is 158 Å². The molecule has 0 saturated carbocycles. The van der Waals surface area contributed by atoms with E-state index in [9.17, 15) is 4.79 Å². The third-order valence-electron chi connectivity index (χ3n) is 5.39. The van der Waals surface area contributed by atoms with Crippen LogP contribution in [0.15, 0.2) is 36.9 Å². The first-order valence-electron chi connectivity index (χ1n) is 9.42. The lowest BCUT2D eigenvalue weighted by Gasteiger charge is -2.45. The molecule has 1 spiro atoms. The van der Waals surface area contributed by atoms with E-state index in [1.165, 1.54) is 6.33 Å². The summed E-state index contributed by atoms with van der Waals surface area (Å²) in [7, 11) is 0. The van der Waals surface area contributed by atoms with E-state index in [4.69, 9.17) is 9.47 Å². The molecule has 4 rings (SSSR count). The lowest BCUT2D eigenvalue weighted by molar-refractivity contribution is -0.135. The summed E-state index contributed by atoms with van der Waals surface area (Å²) in [6.45, 7) is 4.04. The number of likely N-dealkylation sites (tertiary alicyclic amines) is 1. The molecule has 2 saturated heterocycles. The van der Waals surface area contributed by atoms with Gasteiger partial charge in [0.15, 0.2) is 0 Å². The number of ether oxygens (including phenoxy) is 2. The lowest BCUT2D eigenvalue weighted by Crippen LogP contribution is -2.52. The van der Waals surface area contributed by atoms with Crippen molar-refractivity contribution in [2.75, 3.05) is 19.7 Å². The van der Waals surface area contributed by atoms with Gasteiger partial charge in [-0.15, -0.1) is 0 Å². The molecular weight excluding hydrogens is 344 g/mol. The van der Waals surface area contributed by atoms with Crippen LogP contribution in [0.2, 0.25) is 0 Å². The van der Waals surface area contributed by atoms with Crippen molar-refractivity contribution in [1.29, 1.82) is 0 Å². The quantitative estimate of drug-likeness (QED) is 0.828. The second-order valence-corrected chi connectivity index (χ2v) is 7.32. The Morgan fingerprint density at radius 3 is 2.85 bits per heavy atom. The topological polar surface area (TPSA) is 77.4 Å². The molecule has 2 aromatic heterocycles. The van der Waals surface area contributed by atoms with Crippen molar-refractivity contribution in [1.82, 2.24) is 19.9 Å². The van der Waals surface area contributed by atoms with Gasteiger partial charge in [0.25, 0.3) is 5.91 Å².